The van der Waals surface area contributed by atoms with E-state index < -0.39 is 20.0 Å². The molecule has 0 atom stereocenters. The highest BCUT2D eigenvalue weighted by Crippen LogP contribution is 2.37. The zero-order chi connectivity index (χ0) is 43.7. The first-order chi connectivity index (χ1) is 28.4. The Morgan fingerprint density at radius 1 is 0.650 bits per heavy atom. The molecule has 318 valence electrons. The molecule has 2 aromatic carbocycles. The Morgan fingerprint density at radius 2 is 1.03 bits per heavy atom. The van der Waals surface area contributed by atoms with Crippen LogP contribution >= 0.6 is 0 Å². The van der Waals surface area contributed by atoms with E-state index in [4.69, 9.17) is 0 Å². The number of anilines is 2. The maximum absolute atomic E-state index is 13.3. The SMILES string of the molecule is CNS(=O)(=O)c1ccc2c(c1)/C(=C/c1[nH]c(C)c(C(=O)NCCCN(C)CCCNC(=O)c3c(C)[nH]c(/C=C4/C(=O)Nc5ccc(S(=O)(=O)NC)cc54)c3C)c1C)C(=O)N2. The predicted molar refractivity (Wildman–Crippen MR) is 230 cm³/mol. The zero-order valence-electron chi connectivity index (χ0n) is 34.4. The summed E-state index contributed by atoms with van der Waals surface area (Å²) >= 11 is 0. The van der Waals surface area contributed by atoms with Crippen LogP contribution in [0.5, 0.6) is 0 Å². The highest BCUT2D eigenvalue weighted by molar-refractivity contribution is 7.89. The summed E-state index contributed by atoms with van der Waals surface area (Å²) in [4.78, 5) is 60.8. The molecule has 2 aliphatic heterocycles. The van der Waals surface area contributed by atoms with Crippen LogP contribution in [0.3, 0.4) is 0 Å². The van der Waals surface area contributed by atoms with E-state index in [0.717, 1.165) is 0 Å². The first-order valence-corrected chi connectivity index (χ1v) is 22.2. The van der Waals surface area contributed by atoms with Crippen LogP contribution in [-0.2, 0) is 29.6 Å². The fourth-order valence-electron chi connectivity index (χ4n) is 7.39. The van der Waals surface area contributed by atoms with Crippen LogP contribution in [0.25, 0.3) is 23.3 Å². The molecule has 2 aromatic heterocycles. The number of sulfonamides is 2. The van der Waals surface area contributed by atoms with Gasteiger partial charge in [-0.05, 0) is 134 Å². The molecule has 0 aliphatic carbocycles. The van der Waals surface area contributed by atoms with Gasteiger partial charge in [0.1, 0.15) is 0 Å². The minimum absolute atomic E-state index is 0.0281. The lowest BCUT2D eigenvalue weighted by Gasteiger charge is -2.17. The smallest absolute Gasteiger partial charge is 0.256 e. The van der Waals surface area contributed by atoms with E-state index in [0.29, 0.717) is 107 Å². The van der Waals surface area contributed by atoms with Crippen molar-refractivity contribution in [1.82, 2.24) is 34.9 Å². The number of nitrogens with one attached hydrogen (secondary N) is 8. The number of nitrogens with zero attached hydrogens (tertiary/aromatic N) is 1. The van der Waals surface area contributed by atoms with Crippen molar-refractivity contribution < 1.29 is 36.0 Å². The van der Waals surface area contributed by atoms with Crippen molar-refractivity contribution in [3.63, 3.8) is 0 Å². The second-order valence-electron chi connectivity index (χ2n) is 14.7. The summed E-state index contributed by atoms with van der Waals surface area (Å²) in [7, 11) is -2.85. The number of benzene rings is 2. The molecule has 2 aliphatic rings. The van der Waals surface area contributed by atoms with E-state index in [1.54, 1.807) is 52.0 Å². The molecule has 0 radical (unpaired) electrons. The molecule has 4 heterocycles. The molecule has 0 spiro atoms. The van der Waals surface area contributed by atoms with Crippen LogP contribution in [0, 0.1) is 27.7 Å². The third-order valence-corrected chi connectivity index (χ3v) is 13.5. The Labute approximate surface area is 349 Å². The fourth-order valence-corrected chi connectivity index (χ4v) is 8.90. The molecule has 0 fully saturated rings. The lowest BCUT2D eigenvalue weighted by molar-refractivity contribution is -0.111. The van der Waals surface area contributed by atoms with E-state index >= 15 is 0 Å². The van der Waals surface area contributed by atoms with Gasteiger partial charge in [-0.1, -0.05) is 0 Å². The Hall–Kier alpha value is -5.86. The standard InChI is InChI=1S/C41H49N9O8S2/c1-22-34(20-30-28-18-26(59(55,56)42-5)10-12-32(28)48-38(30)51)46-24(3)36(22)40(53)44-14-8-16-50(7)17-9-15-45-41(54)37-23(2)35(47-25(37)4)21-31-29-19-27(60(57,58)43-6)11-13-33(29)49-39(31)52/h10-13,18-21,42-43,46-47H,8-9,14-17H2,1-7H3,(H,44,53)(H,45,54)(H,48,51)(H,49,52)/b30-20-,31-21+. The van der Waals surface area contributed by atoms with Crippen LogP contribution in [0.2, 0.25) is 0 Å². The highest BCUT2D eigenvalue weighted by atomic mass is 32.2. The van der Waals surface area contributed by atoms with Gasteiger partial charge in [0.2, 0.25) is 20.0 Å². The molecular weight excluding hydrogens is 811 g/mol. The zero-order valence-corrected chi connectivity index (χ0v) is 36.0. The van der Waals surface area contributed by atoms with Crippen LogP contribution in [0.1, 0.15) is 78.6 Å². The van der Waals surface area contributed by atoms with Crippen molar-refractivity contribution in [2.75, 3.05) is 58.0 Å². The molecular formula is C41H49N9O8S2. The molecule has 4 aromatic rings. The average Bonchev–Trinajstić information content (AvgIpc) is 3.89. The fraction of sp³-hybridized carbons (Fsp3) is 0.317. The third kappa shape index (κ3) is 8.85. The van der Waals surface area contributed by atoms with E-state index in [2.05, 4.69) is 45.6 Å². The molecule has 4 amide bonds. The Kier molecular flexibility index (Phi) is 12.7. The van der Waals surface area contributed by atoms with Gasteiger partial charge in [-0.15, -0.1) is 0 Å². The highest BCUT2D eigenvalue weighted by Gasteiger charge is 2.29. The Bertz CT molecular complexity index is 2530. The number of rotatable bonds is 16. The number of H-pyrrole nitrogens is 2. The Morgan fingerprint density at radius 3 is 1.40 bits per heavy atom. The summed E-state index contributed by atoms with van der Waals surface area (Å²) in [6.07, 6.45) is 4.61. The van der Waals surface area contributed by atoms with Crippen molar-refractivity contribution in [2.45, 2.75) is 50.3 Å². The van der Waals surface area contributed by atoms with Crippen LogP contribution in [0.15, 0.2) is 46.2 Å². The number of carbonyl (C=O) groups is 4. The second-order valence-corrected chi connectivity index (χ2v) is 18.5. The van der Waals surface area contributed by atoms with E-state index in [1.807, 2.05) is 7.05 Å². The average molecular weight is 860 g/mol. The largest absolute Gasteiger partial charge is 0.358 e. The number of aromatic amines is 2. The number of fused-ring (bicyclic) bond motifs is 2. The van der Waals surface area contributed by atoms with E-state index in [9.17, 15) is 36.0 Å². The first kappa shape index (κ1) is 43.7. The van der Waals surface area contributed by atoms with E-state index in [-0.39, 0.29) is 44.6 Å². The quantitative estimate of drug-likeness (QED) is 0.0608. The van der Waals surface area contributed by atoms with Crippen molar-refractivity contribution in [1.29, 1.82) is 0 Å². The summed E-state index contributed by atoms with van der Waals surface area (Å²) < 4.78 is 54.1. The first-order valence-electron chi connectivity index (χ1n) is 19.2. The van der Waals surface area contributed by atoms with Gasteiger partial charge in [-0.3, -0.25) is 19.2 Å². The van der Waals surface area contributed by atoms with Crippen LogP contribution in [0.4, 0.5) is 11.4 Å². The number of hydrogen-bond donors (Lipinski definition) is 8. The summed E-state index contributed by atoms with van der Waals surface area (Å²) in [5.41, 5.74) is 7.07. The van der Waals surface area contributed by atoms with Crippen molar-refractivity contribution >= 4 is 78.3 Å². The third-order valence-electron chi connectivity index (χ3n) is 10.7. The molecule has 60 heavy (non-hydrogen) atoms. The molecule has 8 N–H and O–H groups in total. The van der Waals surface area contributed by atoms with Gasteiger partial charge in [0.05, 0.1) is 32.1 Å². The number of hydrogen-bond acceptors (Lipinski definition) is 9. The van der Waals surface area contributed by atoms with E-state index in [1.165, 1.54) is 38.4 Å². The number of carbonyl (C=O) groups excluding carboxylic acids is 4. The van der Waals surface area contributed by atoms with Gasteiger partial charge in [0.25, 0.3) is 23.6 Å². The van der Waals surface area contributed by atoms with Crippen LogP contribution < -0.4 is 30.7 Å². The van der Waals surface area contributed by atoms with Gasteiger partial charge in [-0.2, -0.15) is 0 Å². The topological polar surface area (TPSA) is 244 Å². The summed E-state index contributed by atoms with van der Waals surface area (Å²) in [5, 5.41) is 11.5. The van der Waals surface area contributed by atoms with Crippen LogP contribution in [-0.4, -0.2) is 103 Å². The van der Waals surface area contributed by atoms with Gasteiger partial charge >= 0.3 is 0 Å². The monoisotopic (exact) mass is 859 g/mol. The minimum atomic E-state index is -3.73. The summed E-state index contributed by atoms with van der Waals surface area (Å²) in [6, 6.07) is 8.82. The maximum atomic E-state index is 13.3. The minimum Gasteiger partial charge on any atom is -0.358 e. The van der Waals surface area contributed by atoms with Gasteiger partial charge in [0.15, 0.2) is 0 Å². The van der Waals surface area contributed by atoms with Crippen molar-refractivity contribution in [3.05, 3.63) is 92.6 Å². The van der Waals surface area contributed by atoms with Gasteiger partial charge in [-0.25, -0.2) is 26.3 Å². The van der Waals surface area contributed by atoms with Gasteiger partial charge < -0.3 is 36.1 Å². The molecule has 0 bridgehead atoms. The predicted octanol–water partition coefficient (Wildman–Crippen LogP) is 3.25. The molecule has 19 heteroatoms. The Balaban J connectivity index is 0.980. The second kappa shape index (κ2) is 17.4. The number of aryl methyl sites for hydroxylation is 2. The normalized spacial score (nSPS) is 15.1. The van der Waals surface area contributed by atoms with Crippen molar-refractivity contribution in [2.24, 2.45) is 0 Å². The molecule has 17 nitrogen and oxygen atoms in total. The lowest BCUT2D eigenvalue weighted by atomic mass is 10.0. The molecule has 0 saturated heterocycles. The molecule has 0 unspecified atom stereocenters. The number of aromatic nitrogens is 2. The lowest BCUT2D eigenvalue weighted by Crippen LogP contribution is -2.31. The maximum Gasteiger partial charge on any atom is 0.256 e. The summed E-state index contributed by atoms with van der Waals surface area (Å²) in [5.74, 6) is -1.27. The number of amides is 4. The molecule has 0 saturated carbocycles. The summed E-state index contributed by atoms with van der Waals surface area (Å²) in [6.45, 7) is 9.37. The van der Waals surface area contributed by atoms with Gasteiger partial charge in [0, 0.05) is 58.4 Å². The molecule has 6 rings (SSSR count). The van der Waals surface area contributed by atoms with Crippen molar-refractivity contribution in [3.8, 4) is 0 Å².